The number of aryl methyl sites for hydroxylation is 2. The van der Waals surface area contributed by atoms with Crippen LogP contribution in [0, 0.1) is 20.8 Å². The molecule has 0 aliphatic rings. The van der Waals surface area contributed by atoms with Gasteiger partial charge in [0.1, 0.15) is 5.75 Å². The molecule has 25 heavy (non-hydrogen) atoms. The largest absolute Gasteiger partial charge is 0.494 e. The molecule has 3 N–H and O–H groups in total. The third-order valence-corrected chi connectivity index (χ3v) is 4.61. The van der Waals surface area contributed by atoms with Crippen LogP contribution in [0.25, 0.3) is 11.1 Å². The van der Waals surface area contributed by atoms with Crippen molar-refractivity contribution < 1.29 is 14.6 Å². The second-order valence-corrected chi connectivity index (χ2v) is 6.50. The predicted octanol–water partition coefficient (Wildman–Crippen LogP) is 4.19. The van der Waals surface area contributed by atoms with E-state index in [0.717, 1.165) is 45.6 Å². The normalized spacial score (nSPS) is 12.0. The van der Waals surface area contributed by atoms with Gasteiger partial charge in [-0.1, -0.05) is 18.2 Å². The van der Waals surface area contributed by atoms with Crippen LogP contribution in [0.3, 0.4) is 0 Å². The molecule has 2 aromatic rings. The zero-order valence-corrected chi connectivity index (χ0v) is 15.4. The minimum atomic E-state index is -0.808. The van der Waals surface area contributed by atoms with Crippen LogP contribution < -0.4 is 10.5 Å². The molecule has 0 saturated heterocycles. The summed E-state index contributed by atoms with van der Waals surface area (Å²) in [5.41, 5.74) is 11.8. The number of nitrogens with two attached hydrogens (primary N) is 1. The Bertz CT molecular complexity index is 745. The lowest BCUT2D eigenvalue weighted by molar-refractivity contribution is -0.138. The number of aliphatic carboxylic acids is 1. The summed E-state index contributed by atoms with van der Waals surface area (Å²) >= 11 is 0. The van der Waals surface area contributed by atoms with Gasteiger partial charge in [-0.05, 0) is 86.2 Å². The van der Waals surface area contributed by atoms with Crippen LogP contribution in [0.5, 0.6) is 5.75 Å². The molecule has 134 valence electrons. The highest BCUT2D eigenvalue weighted by Gasteiger charge is 2.19. The Labute approximate surface area is 149 Å². The molecule has 4 nitrogen and oxygen atoms in total. The van der Waals surface area contributed by atoms with E-state index in [4.69, 9.17) is 10.5 Å². The number of carboxylic acid groups (broad SMARTS) is 1. The number of carboxylic acids is 1. The van der Waals surface area contributed by atoms with Crippen molar-refractivity contribution in [3.63, 3.8) is 0 Å². The van der Waals surface area contributed by atoms with Crippen molar-refractivity contribution in [3.8, 4) is 16.9 Å². The van der Waals surface area contributed by atoms with Gasteiger partial charge in [-0.25, -0.2) is 0 Å². The second kappa shape index (κ2) is 8.17. The van der Waals surface area contributed by atoms with Crippen molar-refractivity contribution in [2.75, 3.05) is 13.2 Å². The van der Waals surface area contributed by atoms with Gasteiger partial charge in [0, 0.05) is 0 Å². The molecule has 0 saturated carbocycles. The Hall–Kier alpha value is -2.33. The summed E-state index contributed by atoms with van der Waals surface area (Å²) in [4.78, 5) is 11.4. The molecule has 0 bridgehead atoms. The van der Waals surface area contributed by atoms with Crippen LogP contribution >= 0.6 is 0 Å². The number of hydrogen-bond donors (Lipinski definition) is 2. The molecule has 0 amide bonds. The van der Waals surface area contributed by atoms with Crippen molar-refractivity contribution >= 4 is 5.97 Å². The molecule has 0 aliphatic heterocycles. The van der Waals surface area contributed by atoms with E-state index < -0.39 is 11.9 Å². The maximum atomic E-state index is 11.4. The smallest absolute Gasteiger partial charge is 0.310 e. The van der Waals surface area contributed by atoms with Gasteiger partial charge in [0.15, 0.2) is 0 Å². The maximum absolute atomic E-state index is 11.4. The fourth-order valence-corrected chi connectivity index (χ4v) is 3.23. The Morgan fingerprint density at radius 3 is 2.40 bits per heavy atom. The van der Waals surface area contributed by atoms with E-state index >= 15 is 0 Å². The van der Waals surface area contributed by atoms with Crippen molar-refractivity contribution in [2.24, 2.45) is 5.73 Å². The zero-order valence-electron chi connectivity index (χ0n) is 15.4. The quantitative estimate of drug-likeness (QED) is 0.741. The molecule has 2 aromatic carbocycles. The first-order valence-corrected chi connectivity index (χ1v) is 8.63. The zero-order chi connectivity index (χ0) is 18.6. The van der Waals surface area contributed by atoms with Gasteiger partial charge in [-0.3, -0.25) is 4.79 Å². The van der Waals surface area contributed by atoms with E-state index in [1.54, 1.807) is 6.92 Å². The minimum absolute atomic E-state index is 0.528. The molecule has 0 radical (unpaired) electrons. The molecule has 0 spiro atoms. The van der Waals surface area contributed by atoms with Crippen LogP contribution in [0.1, 0.15) is 41.5 Å². The number of hydrogen-bond acceptors (Lipinski definition) is 3. The summed E-state index contributed by atoms with van der Waals surface area (Å²) in [6.07, 6.45) is 0.827. The molecule has 4 heteroatoms. The molecule has 2 rings (SSSR count). The van der Waals surface area contributed by atoms with Gasteiger partial charge in [0.25, 0.3) is 0 Å². The SMILES string of the molecule is Cc1cc(OCCCN)cc(C)c1-c1cccc(C(C)C(=O)O)c1C. The van der Waals surface area contributed by atoms with E-state index in [1.807, 2.05) is 31.2 Å². The van der Waals surface area contributed by atoms with Gasteiger partial charge in [-0.15, -0.1) is 0 Å². The van der Waals surface area contributed by atoms with Crippen LogP contribution in [0.4, 0.5) is 0 Å². The second-order valence-electron chi connectivity index (χ2n) is 6.50. The summed E-state index contributed by atoms with van der Waals surface area (Å²) in [5.74, 6) is -0.489. The van der Waals surface area contributed by atoms with Crippen molar-refractivity contribution in [2.45, 2.75) is 40.0 Å². The third kappa shape index (κ3) is 4.20. The maximum Gasteiger partial charge on any atom is 0.310 e. The van der Waals surface area contributed by atoms with Crippen LogP contribution in [-0.2, 0) is 4.79 Å². The molecule has 1 atom stereocenters. The van der Waals surface area contributed by atoms with Gasteiger partial charge >= 0.3 is 5.97 Å². The first-order chi connectivity index (χ1) is 11.9. The minimum Gasteiger partial charge on any atom is -0.494 e. The van der Waals surface area contributed by atoms with Crippen molar-refractivity contribution in [1.29, 1.82) is 0 Å². The number of carbonyl (C=O) groups is 1. The Kier molecular flexibility index (Phi) is 6.21. The van der Waals surface area contributed by atoms with E-state index in [9.17, 15) is 9.90 Å². The molecular formula is C21H27NO3. The summed E-state index contributed by atoms with van der Waals surface area (Å²) in [7, 11) is 0. The molecule has 0 aromatic heterocycles. The van der Waals surface area contributed by atoms with Crippen LogP contribution in [-0.4, -0.2) is 24.2 Å². The lowest BCUT2D eigenvalue weighted by atomic mass is 9.87. The first-order valence-electron chi connectivity index (χ1n) is 8.63. The van der Waals surface area contributed by atoms with Gasteiger partial charge in [0.05, 0.1) is 12.5 Å². The fraction of sp³-hybridized carbons (Fsp3) is 0.381. The average molecular weight is 341 g/mol. The molecule has 0 fully saturated rings. The highest BCUT2D eigenvalue weighted by molar-refractivity contribution is 5.80. The fourth-order valence-electron chi connectivity index (χ4n) is 3.23. The molecule has 0 aliphatic carbocycles. The summed E-state index contributed by atoms with van der Waals surface area (Å²) in [5, 5.41) is 9.34. The van der Waals surface area contributed by atoms with E-state index in [2.05, 4.69) is 19.9 Å². The number of ether oxygens (including phenoxy) is 1. The number of rotatable bonds is 7. The lowest BCUT2D eigenvalue weighted by Crippen LogP contribution is -2.09. The third-order valence-electron chi connectivity index (χ3n) is 4.61. The summed E-state index contributed by atoms with van der Waals surface area (Å²) in [6, 6.07) is 9.95. The van der Waals surface area contributed by atoms with Gasteiger partial charge < -0.3 is 15.6 Å². The lowest BCUT2D eigenvalue weighted by Gasteiger charge is -2.19. The standard InChI is InChI=1S/C21H27NO3/c1-13-11-17(25-10-6-9-22)12-14(2)20(13)19-8-5-7-18(15(19)3)16(4)21(23)24/h5,7-8,11-12,16H,6,9-10,22H2,1-4H3,(H,23,24). The highest BCUT2D eigenvalue weighted by Crippen LogP contribution is 2.35. The van der Waals surface area contributed by atoms with E-state index in [0.29, 0.717) is 13.2 Å². The van der Waals surface area contributed by atoms with E-state index in [-0.39, 0.29) is 0 Å². The highest BCUT2D eigenvalue weighted by atomic mass is 16.5. The van der Waals surface area contributed by atoms with Crippen LogP contribution in [0.2, 0.25) is 0 Å². The summed E-state index contributed by atoms with van der Waals surface area (Å²) in [6.45, 7) is 9.07. The molecule has 0 heterocycles. The van der Waals surface area contributed by atoms with Gasteiger partial charge in [-0.2, -0.15) is 0 Å². The van der Waals surface area contributed by atoms with Crippen molar-refractivity contribution in [1.82, 2.24) is 0 Å². The van der Waals surface area contributed by atoms with E-state index in [1.165, 1.54) is 0 Å². The molecular weight excluding hydrogens is 314 g/mol. The Balaban J connectivity index is 2.45. The predicted molar refractivity (Wildman–Crippen MR) is 101 cm³/mol. The average Bonchev–Trinajstić information content (AvgIpc) is 2.55. The first kappa shape index (κ1) is 19.0. The topological polar surface area (TPSA) is 72.5 Å². The Morgan fingerprint density at radius 2 is 1.84 bits per heavy atom. The Morgan fingerprint density at radius 1 is 1.20 bits per heavy atom. The molecule has 1 unspecified atom stereocenters. The van der Waals surface area contributed by atoms with Gasteiger partial charge in [0.2, 0.25) is 0 Å². The monoisotopic (exact) mass is 341 g/mol. The van der Waals surface area contributed by atoms with Crippen molar-refractivity contribution in [3.05, 3.63) is 52.6 Å². The number of benzene rings is 2. The van der Waals surface area contributed by atoms with Crippen LogP contribution in [0.15, 0.2) is 30.3 Å². The summed E-state index contributed by atoms with van der Waals surface area (Å²) < 4.78 is 5.76.